The summed E-state index contributed by atoms with van der Waals surface area (Å²) in [6, 6.07) is 3.75. The molecule has 0 heterocycles. The summed E-state index contributed by atoms with van der Waals surface area (Å²) in [5, 5.41) is 0. The molecule has 3 rings (SSSR count). The summed E-state index contributed by atoms with van der Waals surface area (Å²) in [6.07, 6.45) is 3.75. The maximum atomic E-state index is 13.9. The Labute approximate surface area is 129 Å². The van der Waals surface area contributed by atoms with E-state index in [1.54, 1.807) is 6.08 Å². The smallest absolute Gasteiger partial charge is 0.135 e. The second-order valence-electron chi connectivity index (χ2n) is 7.21. The van der Waals surface area contributed by atoms with E-state index in [0.717, 1.165) is 24.1 Å². The third kappa shape index (κ3) is 1.76. The highest BCUT2D eigenvalue weighted by molar-refractivity contribution is 5.68. The van der Waals surface area contributed by atoms with Crippen LogP contribution in [0.4, 0.5) is 8.78 Å². The minimum atomic E-state index is -0.651. The van der Waals surface area contributed by atoms with Gasteiger partial charge in [-0.15, -0.1) is 0 Å². The first-order valence-corrected chi connectivity index (χ1v) is 7.62. The second kappa shape index (κ2) is 4.58. The number of fused-ring (bicyclic) bond motifs is 2. The first-order chi connectivity index (χ1) is 10.2. The average Bonchev–Trinajstić information content (AvgIpc) is 2.73. The fraction of sp³-hybridized carbons (Fsp3) is 0.444. The monoisotopic (exact) mass is 304 g/mol. The molecule has 1 aromatic carbocycles. The Kier molecular flexibility index (Phi) is 3.13. The Balaban J connectivity index is 2.09. The van der Waals surface area contributed by atoms with E-state index in [9.17, 15) is 8.78 Å². The van der Waals surface area contributed by atoms with Crippen molar-refractivity contribution in [1.82, 2.24) is 0 Å². The summed E-state index contributed by atoms with van der Waals surface area (Å²) in [4.78, 5) is 0. The Morgan fingerprint density at radius 2 is 1.82 bits per heavy atom. The molecule has 2 aliphatic rings. The molecule has 0 saturated heterocycles. The van der Waals surface area contributed by atoms with E-state index in [1.165, 1.54) is 18.2 Å². The first kappa shape index (κ1) is 15.1. The van der Waals surface area contributed by atoms with Crippen LogP contribution < -0.4 is 11.5 Å². The van der Waals surface area contributed by atoms with Gasteiger partial charge in [-0.05, 0) is 48.0 Å². The zero-order valence-electron chi connectivity index (χ0n) is 13.2. The van der Waals surface area contributed by atoms with Gasteiger partial charge < -0.3 is 11.5 Å². The van der Waals surface area contributed by atoms with Crippen LogP contribution in [0.15, 0.2) is 35.5 Å². The highest BCUT2D eigenvalue weighted by atomic mass is 19.1. The van der Waals surface area contributed by atoms with Crippen LogP contribution in [0, 0.1) is 28.4 Å². The molecule has 2 aliphatic carbocycles. The Hall–Kier alpha value is -1.84. The molecular weight excluding hydrogens is 282 g/mol. The highest BCUT2D eigenvalue weighted by Gasteiger charge is 2.59. The van der Waals surface area contributed by atoms with E-state index in [-0.39, 0.29) is 28.0 Å². The quantitative estimate of drug-likeness (QED) is 0.869. The Morgan fingerprint density at radius 1 is 1.23 bits per heavy atom. The zero-order chi connectivity index (χ0) is 16.3. The van der Waals surface area contributed by atoms with Gasteiger partial charge >= 0.3 is 0 Å². The SMILES string of the molecule is CC1(C)C2CC[C@]1(C)C(N)=C2/C=C(\N)c1c(F)cccc1F. The lowest BCUT2D eigenvalue weighted by molar-refractivity contribution is 0.169. The third-order valence-corrected chi connectivity index (χ3v) is 6.07. The molecule has 0 amide bonds. The molecule has 2 atom stereocenters. The van der Waals surface area contributed by atoms with Crippen LogP contribution in [-0.2, 0) is 0 Å². The standard InChI is InChI=1S/C18H22F2N2/c1-17(2)11-7-8-18(17,3)16(22)10(11)9-14(21)15-12(19)5-4-6-13(15)20/h4-6,9,11H,7-8,21-22H2,1-3H3/b14-9-/t11?,18-/m1/s1. The number of hydrogen-bond donors (Lipinski definition) is 2. The summed E-state index contributed by atoms with van der Waals surface area (Å²) in [7, 11) is 0. The minimum Gasteiger partial charge on any atom is -0.401 e. The van der Waals surface area contributed by atoms with Crippen LogP contribution in [0.2, 0.25) is 0 Å². The van der Waals surface area contributed by atoms with Crippen LogP contribution in [0.5, 0.6) is 0 Å². The average molecular weight is 304 g/mol. The first-order valence-electron chi connectivity index (χ1n) is 7.62. The molecule has 22 heavy (non-hydrogen) atoms. The topological polar surface area (TPSA) is 52.0 Å². The van der Waals surface area contributed by atoms with Crippen molar-refractivity contribution in [3.05, 3.63) is 52.7 Å². The summed E-state index contributed by atoms with van der Waals surface area (Å²) >= 11 is 0. The molecule has 0 spiro atoms. The molecule has 4 N–H and O–H groups in total. The van der Waals surface area contributed by atoms with Crippen molar-refractivity contribution in [1.29, 1.82) is 0 Å². The fourth-order valence-electron chi connectivity index (χ4n) is 4.22. The van der Waals surface area contributed by atoms with Crippen molar-refractivity contribution >= 4 is 5.70 Å². The lowest BCUT2D eigenvalue weighted by Crippen LogP contribution is -2.32. The molecule has 0 aromatic heterocycles. The van der Waals surface area contributed by atoms with Crippen LogP contribution in [0.25, 0.3) is 5.70 Å². The van der Waals surface area contributed by atoms with E-state index in [2.05, 4.69) is 20.8 Å². The summed E-state index contributed by atoms with van der Waals surface area (Å²) < 4.78 is 27.8. The van der Waals surface area contributed by atoms with Crippen LogP contribution in [0.3, 0.4) is 0 Å². The molecule has 2 nitrogen and oxygen atoms in total. The molecule has 2 bridgehead atoms. The van der Waals surface area contributed by atoms with E-state index in [0.29, 0.717) is 0 Å². The number of nitrogens with two attached hydrogens (primary N) is 2. The predicted octanol–water partition coefficient (Wildman–Crippen LogP) is 3.93. The van der Waals surface area contributed by atoms with Gasteiger partial charge in [-0.2, -0.15) is 0 Å². The van der Waals surface area contributed by atoms with Crippen molar-refractivity contribution in [2.45, 2.75) is 33.6 Å². The number of rotatable bonds is 2. The van der Waals surface area contributed by atoms with Crippen molar-refractivity contribution in [3.63, 3.8) is 0 Å². The van der Waals surface area contributed by atoms with Gasteiger partial charge in [0.15, 0.2) is 0 Å². The van der Waals surface area contributed by atoms with Gasteiger partial charge in [0, 0.05) is 16.8 Å². The normalized spacial score (nSPS) is 30.2. The van der Waals surface area contributed by atoms with Crippen molar-refractivity contribution in [2.75, 3.05) is 0 Å². The van der Waals surface area contributed by atoms with E-state index >= 15 is 0 Å². The molecule has 1 saturated carbocycles. The number of benzene rings is 1. The van der Waals surface area contributed by atoms with Gasteiger partial charge in [0.2, 0.25) is 0 Å². The van der Waals surface area contributed by atoms with Gasteiger partial charge in [0.1, 0.15) is 11.6 Å². The van der Waals surface area contributed by atoms with Gasteiger partial charge in [0.25, 0.3) is 0 Å². The number of hydrogen-bond acceptors (Lipinski definition) is 2. The number of halogens is 2. The minimum absolute atomic E-state index is 0.0387. The molecule has 4 heteroatoms. The van der Waals surface area contributed by atoms with Crippen LogP contribution in [-0.4, -0.2) is 0 Å². The van der Waals surface area contributed by atoms with Crippen LogP contribution >= 0.6 is 0 Å². The summed E-state index contributed by atoms with van der Waals surface area (Å²) in [5.74, 6) is -1.02. The van der Waals surface area contributed by atoms with E-state index in [1.807, 2.05) is 0 Å². The molecule has 0 aliphatic heterocycles. The Morgan fingerprint density at radius 3 is 2.32 bits per heavy atom. The molecule has 1 aromatic rings. The largest absolute Gasteiger partial charge is 0.401 e. The van der Waals surface area contributed by atoms with Crippen molar-refractivity contribution in [3.8, 4) is 0 Å². The van der Waals surface area contributed by atoms with Gasteiger partial charge in [0.05, 0.1) is 5.56 Å². The van der Waals surface area contributed by atoms with E-state index < -0.39 is 11.6 Å². The van der Waals surface area contributed by atoms with E-state index in [4.69, 9.17) is 11.5 Å². The maximum absolute atomic E-state index is 13.9. The number of allylic oxidation sites excluding steroid dienone is 3. The van der Waals surface area contributed by atoms with Gasteiger partial charge in [-0.1, -0.05) is 26.8 Å². The van der Waals surface area contributed by atoms with Crippen molar-refractivity contribution < 1.29 is 8.78 Å². The summed E-state index contributed by atoms with van der Waals surface area (Å²) in [5.41, 5.74) is 14.0. The molecule has 1 unspecified atom stereocenters. The summed E-state index contributed by atoms with van der Waals surface area (Å²) in [6.45, 7) is 6.58. The second-order valence-corrected chi connectivity index (χ2v) is 7.21. The van der Waals surface area contributed by atoms with Gasteiger partial charge in [-0.3, -0.25) is 0 Å². The maximum Gasteiger partial charge on any atom is 0.135 e. The lowest BCUT2D eigenvalue weighted by Gasteiger charge is -2.35. The van der Waals surface area contributed by atoms with Crippen molar-refractivity contribution in [2.24, 2.45) is 28.2 Å². The molecule has 0 radical (unpaired) electrons. The molecule has 1 fully saturated rings. The highest BCUT2D eigenvalue weighted by Crippen LogP contribution is 2.66. The van der Waals surface area contributed by atoms with Crippen LogP contribution in [0.1, 0.15) is 39.2 Å². The molecular formula is C18H22F2N2. The Bertz CT molecular complexity index is 683. The third-order valence-electron chi connectivity index (χ3n) is 6.07. The predicted molar refractivity (Wildman–Crippen MR) is 84.3 cm³/mol. The fourth-order valence-corrected chi connectivity index (χ4v) is 4.22. The molecule has 118 valence electrons. The van der Waals surface area contributed by atoms with Gasteiger partial charge in [-0.25, -0.2) is 8.78 Å². The lowest BCUT2D eigenvalue weighted by atomic mass is 9.69. The zero-order valence-corrected chi connectivity index (χ0v) is 13.2.